The molecule has 0 saturated heterocycles. The molecule has 0 atom stereocenters. The second-order valence-electron chi connectivity index (χ2n) is 1.31. The van der Waals surface area contributed by atoms with Gasteiger partial charge in [0.05, 0.1) is 0 Å². The third-order valence-electron chi connectivity index (χ3n) is 0.682. The first kappa shape index (κ1) is 23.0. The summed E-state index contributed by atoms with van der Waals surface area (Å²) in [5, 5.41) is 0. The van der Waals surface area contributed by atoms with Crippen molar-refractivity contribution < 1.29 is 70.3 Å². The van der Waals surface area contributed by atoms with Crippen molar-refractivity contribution in [3.05, 3.63) is 25.8 Å². The molecule has 0 aromatic carbocycles. The van der Waals surface area contributed by atoms with Gasteiger partial charge in [0.25, 0.3) is 0 Å². The van der Waals surface area contributed by atoms with Gasteiger partial charge < -0.3 is 23.8 Å². The van der Waals surface area contributed by atoms with Gasteiger partial charge in [-0.25, -0.2) is 6.54 Å². The molecule has 0 heterocycles. The predicted octanol–water partition coefficient (Wildman–Crippen LogP) is 1.86. The van der Waals surface area contributed by atoms with Crippen LogP contribution in [0.25, 0.3) is 0 Å². The van der Waals surface area contributed by atoms with E-state index >= 15 is 0 Å². The van der Waals surface area contributed by atoms with Crippen LogP contribution in [0.5, 0.6) is 0 Å². The molecule has 0 amide bonds. The quantitative estimate of drug-likeness (QED) is 0.488. The molecule has 1 radical (unpaired) electrons. The summed E-state index contributed by atoms with van der Waals surface area (Å²) in [4.78, 5) is 4.84. The zero-order valence-electron chi connectivity index (χ0n) is 7.64. The van der Waals surface area contributed by atoms with E-state index < -0.39 is 0 Å². The van der Waals surface area contributed by atoms with Crippen molar-refractivity contribution in [3.8, 4) is 0 Å². The first-order valence-electron chi connectivity index (χ1n) is 2.52. The fraction of sp³-hybridized carbons (Fsp3) is 0.429. The van der Waals surface area contributed by atoms with E-state index in [1.165, 1.54) is 0 Å². The zero-order valence-corrected chi connectivity index (χ0v) is 13.3. The third-order valence-corrected chi connectivity index (χ3v) is 0.682. The van der Waals surface area contributed by atoms with Gasteiger partial charge in [0.15, 0.2) is 0 Å². The predicted molar refractivity (Wildman–Crippen MR) is 38.7 cm³/mol. The Hall–Kier alpha value is 1.71. The van der Waals surface area contributed by atoms with Gasteiger partial charge >= 0.3 is 32.7 Å². The standard InChI is InChI=1S/C6H11NO.CH3.2Y/c1-4-6(3)8-7-5-2;;;/h5,7H,1-3H3;1H3;;/q-2;-1;;+3. The Morgan fingerprint density at radius 3 is 2.27 bits per heavy atom. The van der Waals surface area contributed by atoms with Gasteiger partial charge in [-0.3, -0.25) is 0 Å². The Kier molecular flexibility index (Phi) is 37.0. The minimum Gasteiger partial charge on any atom is -0.482 e. The molecule has 11 heavy (non-hydrogen) atoms. The van der Waals surface area contributed by atoms with Crippen LogP contribution in [-0.4, -0.2) is 0 Å². The van der Waals surface area contributed by atoms with E-state index in [9.17, 15) is 0 Å². The van der Waals surface area contributed by atoms with Crippen molar-refractivity contribution in [1.29, 1.82) is 0 Å². The number of hydroxylamine groups is 1. The van der Waals surface area contributed by atoms with Crippen LogP contribution in [0.4, 0.5) is 0 Å². The van der Waals surface area contributed by atoms with Gasteiger partial charge in [-0.15, -0.1) is 0 Å². The van der Waals surface area contributed by atoms with Crippen molar-refractivity contribution in [1.82, 2.24) is 5.48 Å². The molecule has 0 aliphatic carbocycles. The molecule has 0 bridgehead atoms. The van der Waals surface area contributed by atoms with Crippen LogP contribution in [0, 0.1) is 20.0 Å². The molecule has 1 N–H and O–H groups in total. The second kappa shape index (κ2) is 17.7. The summed E-state index contributed by atoms with van der Waals surface area (Å²) in [6.07, 6.45) is 2.81. The molecule has 0 aliphatic heterocycles. The summed E-state index contributed by atoms with van der Waals surface area (Å²) >= 11 is 0. The topological polar surface area (TPSA) is 21.3 Å². The molecular formula is C7H14NOY2. The van der Waals surface area contributed by atoms with Crippen molar-refractivity contribution in [2.75, 3.05) is 0 Å². The van der Waals surface area contributed by atoms with Crippen LogP contribution in [0.1, 0.15) is 20.8 Å². The van der Waals surface area contributed by atoms with Gasteiger partial charge in [0.1, 0.15) is 0 Å². The molecule has 0 saturated carbocycles. The first-order chi connectivity index (χ1) is 3.81. The molecule has 0 aliphatic rings. The summed E-state index contributed by atoms with van der Waals surface area (Å²) in [7, 11) is 0. The summed E-state index contributed by atoms with van der Waals surface area (Å²) in [6.45, 7) is 7.19. The average Bonchev–Trinajstić information content (AvgIpc) is 1.83. The Bertz CT molecular complexity index is 86.5. The van der Waals surface area contributed by atoms with Crippen LogP contribution in [0.3, 0.4) is 0 Å². The average molecular weight is 306 g/mol. The van der Waals surface area contributed by atoms with E-state index in [1.807, 2.05) is 13.8 Å². The van der Waals surface area contributed by atoms with Crippen LogP contribution in [-0.2, 0) is 70.3 Å². The third kappa shape index (κ3) is 18.6. The summed E-state index contributed by atoms with van der Waals surface area (Å²) < 4.78 is 0. The molecule has 2 nitrogen and oxygen atoms in total. The fourth-order valence-electron chi connectivity index (χ4n) is 0.198. The smallest absolute Gasteiger partial charge is 0.482 e. The molecule has 0 rings (SSSR count). The number of allylic oxidation sites excluding steroid dienone is 2. The molecule has 0 fully saturated rings. The Balaban J connectivity index is -0.0000000817. The number of hydrogen-bond acceptors (Lipinski definition) is 2. The number of hydrogen-bond donors (Lipinski definition) is 1. The van der Waals surface area contributed by atoms with Gasteiger partial charge in [-0.05, 0) is 6.92 Å². The maximum atomic E-state index is 4.84. The Morgan fingerprint density at radius 2 is 2.00 bits per heavy atom. The van der Waals surface area contributed by atoms with E-state index in [1.54, 1.807) is 13.5 Å². The molecular weight excluding hydrogens is 292 g/mol. The summed E-state index contributed by atoms with van der Waals surface area (Å²) in [5.41, 5.74) is 2.57. The Labute approximate surface area is 121 Å². The zero-order chi connectivity index (χ0) is 6.41. The molecule has 0 spiro atoms. The van der Waals surface area contributed by atoms with E-state index in [0.717, 1.165) is 5.76 Å². The number of nitrogens with one attached hydrogen (secondary N) is 1. The van der Waals surface area contributed by atoms with Crippen molar-refractivity contribution in [3.63, 3.8) is 0 Å². The maximum absolute atomic E-state index is 4.84. The molecule has 59 valence electrons. The van der Waals surface area contributed by atoms with Gasteiger partial charge in [0, 0.05) is 32.7 Å². The fourth-order valence-corrected chi connectivity index (χ4v) is 0.198. The normalized spacial score (nSPS) is 8.45. The van der Waals surface area contributed by atoms with E-state index in [-0.39, 0.29) is 72.8 Å². The van der Waals surface area contributed by atoms with Gasteiger partial charge in [-0.2, -0.15) is 13.8 Å². The SMILES string of the molecule is C[C-]=C(C)ON[CH-]C.[CH3-].[Y+3].[Y]. The van der Waals surface area contributed by atoms with E-state index in [0.29, 0.717) is 0 Å². The molecule has 0 aromatic heterocycles. The van der Waals surface area contributed by atoms with Gasteiger partial charge in [0.2, 0.25) is 0 Å². The monoisotopic (exact) mass is 306 g/mol. The van der Waals surface area contributed by atoms with E-state index in [2.05, 4.69) is 11.6 Å². The van der Waals surface area contributed by atoms with Crippen molar-refractivity contribution in [2.45, 2.75) is 20.8 Å². The Morgan fingerprint density at radius 1 is 1.55 bits per heavy atom. The molecule has 4 heteroatoms. The minimum absolute atomic E-state index is 0. The molecule has 0 aromatic rings. The van der Waals surface area contributed by atoms with Crippen LogP contribution in [0.15, 0.2) is 5.76 Å². The first-order valence-corrected chi connectivity index (χ1v) is 2.52. The minimum atomic E-state index is 0. The van der Waals surface area contributed by atoms with Crippen LogP contribution < -0.4 is 5.48 Å². The summed E-state index contributed by atoms with van der Waals surface area (Å²) in [5.74, 6) is 0.753. The van der Waals surface area contributed by atoms with Crippen LogP contribution in [0.2, 0.25) is 0 Å². The summed E-state index contributed by atoms with van der Waals surface area (Å²) in [6, 6.07) is 0. The molecule has 0 unspecified atom stereocenters. The second-order valence-corrected chi connectivity index (χ2v) is 1.31. The van der Waals surface area contributed by atoms with Crippen molar-refractivity contribution >= 4 is 0 Å². The van der Waals surface area contributed by atoms with Crippen LogP contribution >= 0.6 is 0 Å². The number of rotatable bonds is 3. The van der Waals surface area contributed by atoms with Crippen molar-refractivity contribution in [2.24, 2.45) is 0 Å². The van der Waals surface area contributed by atoms with Gasteiger partial charge in [-0.1, -0.05) is 5.76 Å². The van der Waals surface area contributed by atoms with E-state index in [4.69, 9.17) is 4.84 Å². The largest absolute Gasteiger partial charge is 3.00 e. The maximum Gasteiger partial charge on any atom is 3.00 e.